The number of carbonyl (C=O) groups is 3. The largest absolute Gasteiger partial charge is 0.482 e. The molecule has 0 radical (unpaired) electrons. The van der Waals surface area contributed by atoms with Crippen LogP contribution in [0.4, 0.5) is 5.69 Å². The summed E-state index contributed by atoms with van der Waals surface area (Å²) in [5, 5.41) is 3.02. The number of aryl methyl sites for hydroxylation is 1. The van der Waals surface area contributed by atoms with Crippen molar-refractivity contribution in [3.05, 3.63) is 59.7 Å². The van der Waals surface area contributed by atoms with Crippen LogP contribution in [-0.2, 0) is 14.3 Å². The van der Waals surface area contributed by atoms with E-state index in [0.717, 1.165) is 31.2 Å². The van der Waals surface area contributed by atoms with E-state index in [4.69, 9.17) is 4.74 Å². The van der Waals surface area contributed by atoms with Gasteiger partial charge in [-0.25, -0.2) is 4.79 Å². The van der Waals surface area contributed by atoms with Crippen molar-refractivity contribution in [2.75, 3.05) is 19.0 Å². The van der Waals surface area contributed by atoms with Gasteiger partial charge >= 0.3 is 5.97 Å². The first-order chi connectivity index (χ1) is 16.0. The van der Waals surface area contributed by atoms with Gasteiger partial charge in [0.2, 0.25) is 5.91 Å². The zero-order chi connectivity index (χ0) is 23.4. The number of amides is 2. The molecular formula is C26H30N2O5. The maximum Gasteiger partial charge on any atom is 0.343 e. The summed E-state index contributed by atoms with van der Waals surface area (Å²) >= 11 is 0. The van der Waals surface area contributed by atoms with Gasteiger partial charge in [0, 0.05) is 17.3 Å². The molecule has 2 aromatic rings. The van der Waals surface area contributed by atoms with Crippen LogP contribution in [0, 0.1) is 12.8 Å². The molecule has 1 aliphatic heterocycles. The highest BCUT2D eigenvalue weighted by molar-refractivity contribution is 6.02. The Morgan fingerprint density at radius 1 is 1.06 bits per heavy atom. The van der Waals surface area contributed by atoms with E-state index in [1.54, 1.807) is 18.2 Å². The summed E-state index contributed by atoms with van der Waals surface area (Å²) in [6.45, 7) is 1.69. The Bertz CT molecular complexity index is 1020. The van der Waals surface area contributed by atoms with E-state index in [9.17, 15) is 14.4 Å². The summed E-state index contributed by atoms with van der Waals surface area (Å²) in [7, 11) is 1.31. The fraction of sp³-hybridized carbons (Fsp3) is 0.423. The number of rotatable bonds is 6. The predicted molar refractivity (Wildman–Crippen MR) is 124 cm³/mol. The van der Waals surface area contributed by atoms with Crippen LogP contribution in [0.2, 0.25) is 0 Å². The fourth-order valence-electron chi connectivity index (χ4n) is 5.00. The number of methoxy groups -OCH3 is 1. The quantitative estimate of drug-likeness (QED) is 0.674. The average Bonchev–Trinajstić information content (AvgIpc) is 3.24. The molecule has 2 aliphatic rings. The molecule has 1 saturated heterocycles. The highest BCUT2D eigenvalue weighted by atomic mass is 16.6. The topological polar surface area (TPSA) is 84.9 Å². The van der Waals surface area contributed by atoms with Crippen molar-refractivity contribution in [1.29, 1.82) is 0 Å². The number of carbonyl (C=O) groups excluding carboxylic acids is 3. The second kappa shape index (κ2) is 10.1. The lowest BCUT2D eigenvalue weighted by Gasteiger charge is -2.33. The predicted octanol–water partition coefficient (Wildman–Crippen LogP) is 3.96. The van der Waals surface area contributed by atoms with Crippen molar-refractivity contribution in [2.45, 2.75) is 51.1 Å². The number of likely N-dealkylation sites (tertiary alicyclic amines) is 1. The summed E-state index contributed by atoms with van der Waals surface area (Å²) in [5.74, 6) is 0.172. The number of ether oxygens (including phenoxy) is 2. The summed E-state index contributed by atoms with van der Waals surface area (Å²) in [6, 6.07) is 14.0. The van der Waals surface area contributed by atoms with Crippen molar-refractivity contribution in [1.82, 2.24) is 4.90 Å². The number of esters is 1. The zero-order valence-electron chi connectivity index (χ0n) is 19.1. The van der Waals surface area contributed by atoms with Gasteiger partial charge in [0.1, 0.15) is 11.8 Å². The van der Waals surface area contributed by atoms with E-state index in [0.29, 0.717) is 29.3 Å². The van der Waals surface area contributed by atoms with Gasteiger partial charge in [0.15, 0.2) is 6.61 Å². The van der Waals surface area contributed by atoms with Gasteiger partial charge in [-0.2, -0.15) is 0 Å². The van der Waals surface area contributed by atoms with Gasteiger partial charge in [0.25, 0.3) is 5.91 Å². The first kappa shape index (κ1) is 22.8. The molecule has 4 rings (SSSR count). The van der Waals surface area contributed by atoms with E-state index < -0.39 is 12.0 Å². The van der Waals surface area contributed by atoms with E-state index in [1.807, 2.05) is 42.2 Å². The van der Waals surface area contributed by atoms with Gasteiger partial charge < -0.3 is 19.7 Å². The summed E-state index contributed by atoms with van der Waals surface area (Å²) < 4.78 is 10.0. The van der Waals surface area contributed by atoms with Crippen LogP contribution in [0.3, 0.4) is 0 Å². The van der Waals surface area contributed by atoms with Crippen LogP contribution in [-0.4, -0.2) is 48.5 Å². The van der Waals surface area contributed by atoms with Gasteiger partial charge in [0.05, 0.1) is 7.11 Å². The van der Waals surface area contributed by atoms with Crippen LogP contribution in [0.1, 0.15) is 48.0 Å². The van der Waals surface area contributed by atoms with E-state index in [1.165, 1.54) is 7.11 Å². The molecule has 3 unspecified atom stereocenters. The van der Waals surface area contributed by atoms with Crippen molar-refractivity contribution in [2.24, 2.45) is 5.92 Å². The fourth-order valence-corrected chi connectivity index (χ4v) is 5.00. The van der Waals surface area contributed by atoms with Gasteiger partial charge in [-0.1, -0.05) is 31.0 Å². The first-order valence-corrected chi connectivity index (χ1v) is 11.5. The summed E-state index contributed by atoms with van der Waals surface area (Å²) in [6.07, 6.45) is 4.92. The Hall–Kier alpha value is -3.35. The molecule has 33 heavy (non-hydrogen) atoms. The lowest BCUT2D eigenvalue weighted by molar-refractivity contribution is -0.142. The summed E-state index contributed by atoms with van der Waals surface area (Å²) in [5.41, 5.74) is 2.08. The van der Waals surface area contributed by atoms with E-state index in [-0.39, 0.29) is 24.5 Å². The molecule has 2 amide bonds. The Morgan fingerprint density at radius 3 is 2.55 bits per heavy atom. The Morgan fingerprint density at radius 2 is 1.82 bits per heavy atom. The van der Waals surface area contributed by atoms with E-state index in [2.05, 4.69) is 10.1 Å². The molecule has 0 aromatic heterocycles. The maximum absolute atomic E-state index is 13.4. The molecule has 7 nitrogen and oxygen atoms in total. The molecule has 2 fully saturated rings. The Balaban J connectivity index is 1.51. The van der Waals surface area contributed by atoms with Gasteiger partial charge in [-0.15, -0.1) is 0 Å². The molecule has 2 aromatic carbocycles. The minimum Gasteiger partial charge on any atom is -0.482 e. The van der Waals surface area contributed by atoms with Gasteiger partial charge in [-0.05, 0) is 68.0 Å². The SMILES string of the molecule is COC(=O)COc1ccc(NC(=O)C2CC3CCCCC3N2C(=O)c2ccccc2)c(C)c1. The number of fused-ring (bicyclic) bond motifs is 1. The monoisotopic (exact) mass is 450 g/mol. The molecule has 1 heterocycles. The molecular weight excluding hydrogens is 420 g/mol. The molecule has 0 bridgehead atoms. The number of benzene rings is 2. The molecule has 1 saturated carbocycles. The van der Waals surface area contributed by atoms with E-state index >= 15 is 0 Å². The molecule has 1 aliphatic carbocycles. The van der Waals surface area contributed by atoms with Crippen LogP contribution >= 0.6 is 0 Å². The normalized spacial score (nSPS) is 21.8. The third-order valence-electron chi connectivity index (χ3n) is 6.69. The second-order valence-electron chi connectivity index (χ2n) is 8.77. The standard InChI is InChI=1S/C26H30N2O5/c1-17-14-20(33-16-24(29)32-2)12-13-21(17)27-25(30)23-15-19-10-6-7-11-22(19)28(23)26(31)18-8-4-3-5-9-18/h3-5,8-9,12-14,19,22-23H,6-7,10-11,15-16H2,1-2H3,(H,27,30). The summed E-state index contributed by atoms with van der Waals surface area (Å²) in [4.78, 5) is 39.9. The lowest BCUT2D eigenvalue weighted by atomic mass is 9.84. The molecule has 7 heteroatoms. The maximum atomic E-state index is 13.4. The van der Waals surface area contributed by atoms with Gasteiger partial charge in [-0.3, -0.25) is 9.59 Å². The molecule has 0 spiro atoms. The number of hydrogen-bond donors (Lipinski definition) is 1. The zero-order valence-corrected chi connectivity index (χ0v) is 19.1. The molecule has 1 N–H and O–H groups in total. The average molecular weight is 451 g/mol. The highest BCUT2D eigenvalue weighted by Gasteiger charge is 2.47. The van der Waals surface area contributed by atoms with Crippen LogP contribution in [0.5, 0.6) is 5.75 Å². The number of nitrogens with one attached hydrogen (secondary N) is 1. The third kappa shape index (κ3) is 5.02. The minimum absolute atomic E-state index is 0.0755. The van der Waals surface area contributed by atoms with Crippen molar-refractivity contribution >= 4 is 23.5 Å². The number of nitrogens with zero attached hydrogens (tertiary/aromatic N) is 1. The molecule has 3 atom stereocenters. The van der Waals surface area contributed by atoms with Crippen LogP contribution in [0.25, 0.3) is 0 Å². The smallest absolute Gasteiger partial charge is 0.343 e. The second-order valence-corrected chi connectivity index (χ2v) is 8.77. The first-order valence-electron chi connectivity index (χ1n) is 11.5. The molecule has 174 valence electrons. The Labute approximate surface area is 194 Å². The van der Waals surface area contributed by atoms with Crippen LogP contribution in [0.15, 0.2) is 48.5 Å². The lowest BCUT2D eigenvalue weighted by Crippen LogP contribution is -2.47. The van der Waals surface area contributed by atoms with Crippen LogP contribution < -0.4 is 10.1 Å². The van der Waals surface area contributed by atoms with Crippen molar-refractivity contribution in [3.63, 3.8) is 0 Å². The number of anilines is 1. The third-order valence-corrected chi connectivity index (χ3v) is 6.69. The van der Waals surface area contributed by atoms with Crippen molar-refractivity contribution in [3.8, 4) is 5.75 Å². The highest BCUT2D eigenvalue weighted by Crippen LogP contribution is 2.41. The number of hydrogen-bond acceptors (Lipinski definition) is 5. The Kier molecular flexibility index (Phi) is 6.96. The minimum atomic E-state index is -0.500. The van der Waals surface area contributed by atoms with Crippen molar-refractivity contribution < 1.29 is 23.9 Å².